The lowest BCUT2D eigenvalue weighted by atomic mass is 10.1. The van der Waals surface area contributed by atoms with Crippen molar-refractivity contribution in [1.82, 2.24) is 4.98 Å². The maximum atomic E-state index is 12.1. The molecule has 1 heterocycles. The number of benzene rings is 2. The topological polar surface area (TPSA) is 93.0 Å². The van der Waals surface area contributed by atoms with Gasteiger partial charge < -0.3 is 4.84 Å². The van der Waals surface area contributed by atoms with Crippen LogP contribution in [0.3, 0.4) is 0 Å². The summed E-state index contributed by atoms with van der Waals surface area (Å²) < 4.78 is 0. The van der Waals surface area contributed by atoms with Gasteiger partial charge in [0.25, 0.3) is 0 Å². The van der Waals surface area contributed by atoms with Crippen molar-refractivity contribution in [3.8, 4) is 0 Å². The first-order valence-electron chi connectivity index (χ1n) is 8.13. The van der Waals surface area contributed by atoms with Crippen LogP contribution in [-0.4, -0.2) is 16.9 Å². The van der Waals surface area contributed by atoms with Gasteiger partial charge in [0.05, 0.1) is 16.9 Å². The van der Waals surface area contributed by atoms with Crippen molar-refractivity contribution in [3.05, 3.63) is 89.7 Å². The van der Waals surface area contributed by atoms with E-state index < -0.39 is 11.9 Å². The molecular formula is C20H16N4O3. The minimum absolute atomic E-state index is 0.225. The first kappa shape index (κ1) is 17.9. The molecule has 3 rings (SSSR count). The monoisotopic (exact) mass is 360 g/mol. The zero-order valence-electron chi connectivity index (χ0n) is 14.5. The van der Waals surface area contributed by atoms with Crippen LogP contribution >= 0.6 is 0 Å². The van der Waals surface area contributed by atoms with E-state index in [2.05, 4.69) is 20.7 Å². The fraction of sp³-hybridized carbons (Fsp3) is 0.0500. The first-order chi connectivity index (χ1) is 13.1. The molecule has 0 atom stereocenters. The minimum Gasteiger partial charge on any atom is -0.338 e. The van der Waals surface area contributed by atoms with E-state index in [-0.39, 0.29) is 5.69 Å². The maximum Gasteiger partial charge on any atom is 0.363 e. The van der Waals surface area contributed by atoms with Gasteiger partial charge in [-0.1, -0.05) is 24.3 Å². The van der Waals surface area contributed by atoms with Crippen LogP contribution in [0.5, 0.6) is 0 Å². The van der Waals surface area contributed by atoms with Crippen LogP contribution in [0.2, 0.25) is 0 Å². The van der Waals surface area contributed by atoms with Crippen LogP contribution in [-0.2, 0) is 4.84 Å². The number of aromatic nitrogens is 1. The smallest absolute Gasteiger partial charge is 0.338 e. The van der Waals surface area contributed by atoms with Crippen molar-refractivity contribution in [2.75, 3.05) is 5.48 Å². The second-order valence-corrected chi connectivity index (χ2v) is 5.57. The predicted octanol–water partition coefficient (Wildman–Crippen LogP) is 4.50. The van der Waals surface area contributed by atoms with Gasteiger partial charge >= 0.3 is 11.9 Å². The number of amides is 1. The van der Waals surface area contributed by atoms with Crippen molar-refractivity contribution in [2.24, 2.45) is 10.2 Å². The summed E-state index contributed by atoms with van der Waals surface area (Å²) in [6.45, 7) is 1.84. The first-order valence-corrected chi connectivity index (χ1v) is 8.13. The molecule has 0 unspecified atom stereocenters. The van der Waals surface area contributed by atoms with Gasteiger partial charge in [0.2, 0.25) is 0 Å². The van der Waals surface area contributed by atoms with Gasteiger partial charge in [-0.05, 0) is 55.0 Å². The lowest BCUT2D eigenvalue weighted by Gasteiger charge is -2.08. The summed E-state index contributed by atoms with van der Waals surface area (Å²) >= 11 is 0. The highest BCUT2D eigenvalue weighted by molar-refractivity contribution is 5.92. The summed E-state index contributed by atoms with van der Waals surface area (Å²) in [6, 6.07) is 18.7. The van der Waals surface area contributed by atoms with Gasteiger partial charge in [-0.25, -0.2) is 10.3 Å². The molecule has 0 spiro atoms. The average Bonchev–Trinajstić information content (AvgIpc) is 2.72. The summed E-state index contributed by atoms with van der Waals surface area (Å²) in [5.74, 6) is -0.997. The number of hydrogen-bond donors (Lipinski definition) is 1. The van der Waals surface area contributed by atoms with E-state index >= 15 is 0 Å². The van der Waals surface area contributed by atoms with E-state index in [1.807, 2.05) is 19.1 Å². The molecule has 0 bridgehead atoms. The molecule has 0 aliphatic rings. The Morgan fingerprint density at radius 3 is 2.41 bits per heavy atom. The van der Waals surface area contributed by atoms with Gasteiger partial charge in [-0.15, -0.1) is 10.2 Å². The second-order valence-electron chi connectivity index (χ2n) is 5.57. The summed E-state index contributed by atoms with van der Waals surface area (Å²) in [4.78, 5) is 32.9. The third kappa shape index (κ3) is 4.82. The van der Waals surface area contributed by atoms with Crippen LogP contribution < -0.4 is 5.48 Å². The Balaban J connectivity index is 1.57. The molecule has 134 valence electrons. The molecule has 0 aliphatic heterocycles. The van der Waals surface area contributed by atoms with Crippen LogP contribution in [0.1, 0.15) is 26.4 Å². The van der Waals surface area contributed by atoms with Gasteiger partial charge in [-0.3, -0.25) is 9.78 Å². The Morgan fingerprint density at radius 2 is 1.70 bits per heavy atom. The quantitative estimate of drug-likeness (QED) is 0.534. The van der Waals surface area contributed by atoms with E-state index in [0.29, 0.717) is 16.9 Å². The molecule has 2 aromatic carbocycles. The number of anilines is 1. The summed E-state index contributed by atoms with van der Waals surface area (Å²) in [6.07, 6.45) is 1.52. The molecule has 0 radical (unpaired) electrons. The van der Waals surface area contributed by atoms with Crippen LogP contribution in [0.25, 0.3) is 0 Å². The second kappa shape index (κ2) is 8.48. The van der Waals surface area contributed by atoms with E-state index in [1.165, 1.54) is 6.20 Å². The van der Waals surface area contributed by atoms with Gasteiger partial charge in [-0.2, -0.15) is 0 Å². The fourth-order valence-electron chi connectivity index (χ4n) is 2.20. The van der Waals surface area contributed by atoms with Crippen molar-refractivity contribution < 1.29 is 14.4 Å². The van der Waals surface area contributed by atoms with Crippen molar-refractivity contribution in [1.29, 1.82) is 0 Å². The largest absolute Gasteiger partial charge is 0.363 e. The summed E-state index contributed by atoms with van der Waals surface area (Å²) in [7, 11) is 0. The predicted molar refractivity (Wildman–Crippen MR) is 99.7 cm³/mol. The average molecular weight is 360 g/mol. The van der Waals surface area contributed by atoms with Crippen molar-refractivity contribution in [2.45, 2.75) is 6.92 Å². The zero-order chi connectivity index (χ0) is 19.1. The normalized spacial score (nSPS) is 10.6. The third-order valence-corrected chi connectivity index (χ3v) is 3.63. The number of nitrogens with zero attached hydrogens (tertiary/aromatic N) is 3. The Bertz CT molecular complexity index is 970. The van der Waals surface area contributed by atoms with E-state index in [4.69, 9.17) is 4.84 Å². The summed E-state index contributed by atoms with van der Waals surface area (Å²) in [5.41, 5.74) is 5.18. The van der Waals surface area contributed by atoms with Gasteiger partial charge in [0.1, 0.15) is 5.69 Å². The Morgan fingerprint density at radius 1 is 0.963 bits per heavy atom. The number of pyridine rings is 1. The minimum atomic E-state index is -0.523. The Kier molecular flexibility index (Phi) is 5.64. The number of carbonyl (C=O) groups excluding carboxylic acids is 2. The van der Waals surface area contributed by atoms with E-state index in [0.717, 1.165) is 5.56 Å². The van der Waals surface area contributed by atoms with Crippen molar-refractivity contribution >= 4 is 23.3 Å². The number of azo groups is 1. The Hall–Kier alpha value is -3.87. The molecule has 1 aromatic heterocycles. The van der Waals surface area contributed by atoms with E-state index in [1.54, 1.807) is 54.6 Å². The van der Waals surface area contributed by atoms with Gasteiger partial charge in [0, 0.05) is 6.20 Å². The standard InChI is InChI=1S/C20H16N4O3/c1-14-6-2-3-7-17(14)20(26)27-24-16-11-9-15(10-12-16)22-23-19(25)18-8-4-5-13-21-18/h2-13,24H,1H3. The highest BCUT2D eigenvalue weighted by Gasteiger charge is 2.10. The van der Waals surface area contributed by atoms with Gasteiger partial charge in [0.15, 0.2) is 0 Å². The van der Waals surface area contributed by atoms with Crippen LogP contribution in [0.15, 0.2) is 83.2 Å². The zero-order valence-corrected chi connectivity index (χ0v) is 14.5. The molecule has 0 saturated carbocycles. The number of nitrogens with one attached hydrogen (secondary N) is 1. The van der Waals surface area contributed by atoms with Crippen molar-refractivity contribution in [3.63, 3.8) is 0 Å². The highest BCUT2D eigenvalue weighted by atomic mass is 16.7. The molecule has 0 fully saturated rings. The summed E-state index contributed by atoms with van der Waals surface area (Å²) in [5, 5.41) is 7.51. The highest BCUT2D eigenvalue weighted by Crippen LogP contribution is 2.18. The third-order valence-electron chi connectivity index (χ3n) is 3.63. The molecular weight excluding hydrogens is 344 g/mol. The molecule has 7 heteroatoms. The number of rotatable bonds is 5. The molecule has 1 amide bonds. The molecule has 27 heavy (non-hydrogen) atoms. The molecule has 7 nitrogen and oxygen atoms in total. The lowest BCUT2D eigenvalue weighted by Crippen LogP contribution is -2.11. The fourth-order valence-corrected chi connectivity index (χ4v) is 2.20. The Labute approximate surface area is 155 Å². The number of carbonyl (C=O) groups is 2. The lowest BCUT2D eigenvalue weighted by molar-refractivity contribution is 0.0595. The number of aryl methyl sites for hydroxylation is 1. The molecule has 3 aromatic rings. The van der Waals surface area contributed by atoms with Crippen LogP contribution in [0, 0.1) is 6.92 Å². The molecule has 1 N–H and O–H groups in total. The SMILES string of the molecule is Cc1ccccc1C(=O)ONc1ccc(N=NC(=O)c2ccccn2)cc1. The molecule has 0 saturated heterocycles. The molecule has 0 aliphatic carbocycles. The number of hydrogen-bond acceptors (Lipinski definition) is 6. The van der Waals surface area contributed by atoms with E-state index in [9.17, 15) is 9.59 Å². The maximum absolute atomic E-state index is 12.1. The van der Waals surface area contributed by atoms with Crippen LogP contribution in [0.4, 0.5) is 11.4 Å².